The number of aliphatic hydroxyl groups is 1. The monoisotopic (exact) mass is 415 g/mol. The van der Waals surface area contributed by atoms with Crippen LogP contribution in [0.25, 0.3) is 0 Å². The van der Waals surface area contributed by atoms with Crippen LogP contribution in [0.2, 0.25) is 0 Å². The molecule has 0 fully saturated rings. The molecule has 26 heavy (non-hydrogen) atoms. The van der Waals surface area contributed by atoms with Crippen LogP contribution >= 0.6 is 15.9 Å². The number of ether oxygens (including phenoxy) is 1. The number of nitrogens with one attached hydrogen (secondary N) is 1. The van der Waals surface area contributed by atoms with E-state index in [4.69, 9.17) is 0 Å². The lowest BCUT2D eigenvalue weighted by Crippen LogP contribution is -2.48. The Kier molecular flexibility index (Phi) is 6.96. The fraction of sp³-hybridized carbons (Fsp3) is 0.200. The van der Waals surface area contributed by atoms with Crippen molar-refractivity contribution in [2.45, 2.75) is 19.1 Å². The summed E-state index contributed by atoms with van der Waals surface area (Å²) >= 11 is 3.37. The lowest BCUT2D eigenvalue weighted by molar-refractivity contribution is -0.145. The zero-order chi connectivity index (χ0) is 19.1. The predicted octanol–water partition coefficient (Wildman–Crippen LogP) is 2.50. The van der Waals surface area contributed by atoms with E-state index in [0.29, 0.717) is 5.56 Å². The fourth-order valence-electron chi connectivity index (χ4n) is 2.11. The normalized spacial score (nSPS) is 12.3. The van der Waals surface area contributed by atoms with Crippen LogP contribution in [0.15, 0.2) is 53.0 Å². The Hall–Kier alpha value is -2.62. The minimum absolute atomic E-state index is 0.355. The molecule has 1 amide bonds. The third-order valence-electron chi connectivity index (χ3n) is 3.57. The van der Waals surface area contributed by atoms with Crippen molar-refractivity contribution in [1.82, 2.24) is 5.32 Å². The van der Waals surface area contributed by atoms with Gasteiger partial charge in [-0.05, 0) is 55.5 Å². The molecule has 0 aliphatic carbocycles. The van der Waals surface area contributed by atoms with Crippen molar-refractivity contribution in [3.8, 4) is 11.8 Å². The van der Waals surface area contributed by atoms with E-state index in [0.717, 1.165) is 15.6 Å². The summed E-state index contributed by atoms with van der Waals surface area (Å²) in [6.45, 7) is 1.41. The minimum atomic E-state index is -1.12. The van der Waals surface area contributed by atoms with E-state index >= 15 is 0 Å². The van der Waals surface area contributed by atoms with E-state index in [1.165, 1.54) is 14.0 Å². The van der Waals surface area contributed by atoms with Crippen LogP contribution in [-0.2, 0) is 9.53 Å². The quantitative estimate of drug-likeness (QED) is 0.594. The predicted molar refractivity (Wildman–Crippen MR) is 102 cm³/mol. The maximum atomic E-state index is 12.2. The first-order valence-electron chi connectivity index (χ1n) is 7.85. The number of hydrogen-bond acceptors (Lipinski definition) is 4. The summed E-state index contributed by atoms with van der Waals surface area (Å²) in [5, 5.41) is 12.1. The Morgan fingerprint density at radius 1 is 1.04 bits per heavy atom. The zero-order valence-electron chi connectivity index (χ0n) is 14.3. The molecule has 134 valence electrons. The molecule has 5 nitrogen and oxygen atoms in total. The third-order valence-corrected chi connectivity index (χ3v) is 4.10. The molecule has 2 N–H and O–H groups in total. The van der Waals surface area contributed by atoms with E-state index in [-0.39, 0.29) is 0 Å². The summed E-state index contributed by atoms with van der Waals surface area (Å²) < 4.78 is 5.56. The molecule has 0 spiro atoms. The van der Waals surface area contributed by atoms with Gasteiger partial charge in [0.15, 0.2) is 6.04 Å². The Labute approximate surface area is 160 Å². The van der Waals surface area contributed by atoms with Crippen LogP contribution in [0.4, 0.5) is 0 Å². The number of methoxy groups -OCH3 is 1. The van der Waals surface area contributed by atoms with Crippen LogP contribution in [0.5, 0.6) is 0 Å². The number of aliphatic hydroxyl groups excluding tert-OH is 1. The average Bonchev–Trinajstić information content (AvgIpc) is 2.65. The fourth-order valence-corrected chi connectivity index (χ4v) is 2.37. The summed E-state index contributed by atoms with van der Waals surface area (Å²) in [5.41, 5.74) is 1.99. The highest BCUT2D eigenvalue weighted by molar-refractivity contribution is 9.10. The maximum absolute atomic E-state index is 12.2. The van der Waals surface area contributed by atoms with E-state index in [1.54, 1.807) is 24.3 Å². The van der Waals surface area contributed by atoms with E-state index < -0.39 is 24.0 Å². The number of hydrogen-bond donors (Lipinski definition) is 2. The van der Waals surface area contributed by atoms with Gasteiger partial charge >= 0.3 is 5.97 Å². The third kappa shape index (κ3) is 5.45. The summed E-state index contributed by atoms with van der Waals surface area (Å²) in [4.78, 5) is 23.8. The first-order valence-corrected chi connectivity index (χ1v) is 8.64. The number of halogens is 1. The van der Waals surface area contributed by atoms with Crippen LogP contribution in [0, 0.1) is 11.8 Å². The van der Waals surface area contributed by atoms with Crippen molar-refractivity contribution in [2.75, 3.05) is 7.11 Å². The van der Waals surface area contributed by atoms with Crippen molar-refractivity contribution in [1.29, 1.82) is 0 Å². The smallest absolute Gasteiger partial charge is 0.331 e. The maximum Gasteiger partial charge on any atom is 0.331 e. The second kappa shape index (κ2) is 9.18. The van der Waals surface area contributed by atoms with Gasteiger partial charge in [0.1, 0.15) is 0 Å². The number of esters is 1. The number of amides is 1. The standard InChI is InChI=1S/C20H18BrNO4/c1-13(23)18(20(25)26-2)22-19(24)16-9-5-14(6-10-16)3-4-15-7-11-17(21)12-8-15/h5-13,18,23H,1-2H3,(H,22,24). The van der Waals surface area contributed by atoms with Crippen LogP contribution < -0.4 is 5.32 Å². The lowest BCUT2D eigenvalue weighted by atomic mass is 10.1. The Bertz CT molecular complexity index is 833. The molecule has 6 heteroatoms. The molecule has 2 unspecified atom stereocenters. The van der Waals surface area contributed by atoms with Gasteiger partial charge in [0.25, 0.3) is 5.91 Å². The van der Waals surface area contributed by atoms with Gasteiger partial charge in [0.2, 0.25) is 0 Å². The second-order valence-corrected chi connectivity index (χ2v) is 6.46. The summed E-state index contributed by atoms with van der Waals surface area (Å²) in [6.07, 6.45) is -1.07. The van der Waals surface area contributed by atoms with Crippen LogP contribution in [0.3, 0.4) is 0 Å². The Balaban J connectivity index is 2.08. The van der Waals surface area contributed by atoms with E-state index in [2.05, 4.69) is 37.8 Å². The van der Waals surface area contributed by atoms with Crippen molar-refractivity contribution < 1.29 is 19.4 Å². The van der Waals surface area contributed by atoms with Gasteiger partial charge in [-0.25, -0.2) is 4.79 Å². The lowest BCUT2D eigenvalue weighted by Gasteiger charge is -2.18. The molecule has 0 radical (unpaired) electrons. The zero-order valence-corrected chi connectivity index (χ0v) is 15.9. The number of rotatable bonds is 4. The molecular weight excluding hydrogens is 398 g/mol. The van der Waals surface area contributed by atoms with Crippen molar-refractivity contribution in [3.63, 3.8) is 0 Å². The Morgan fingerprint density at radius 2 is 1.54 bits per heavy atom. The van der Waals surface area contributed by atoms with Gasteiger partial charge < -0.3 is 15.2 Å². The van der Waals surface area contributed by atoms with E-state index in [1.807, 2.05) is 24.3 Å². The topological polar surface area (TPSA) is 75.6 Å². The molecule has 2 aromatic rings. The highest BCUT2D eigenvalue weighted by Gasteiger charge is 2.26. The highest BCUT2D eigenvalue weighted by atomic mass is 79.9. The van der Waals surface area contributed by atoms with Gasteiger partial charge in [-0.2, -0.15) is 0 Å². The molecule has 0 bridgehead atoms. The van der Waals surface area contributed by atoms with Gasteiger partial charge in [-0.15, -0.1) is 0 Å². The first kappa shape index (κ1) is 19.7. The van der Waals surface area contributed by atoms with E-state index in [9.17, 15) is 14.7 Å². The summed E-state index contributed by atoms with van der Waals surface area (Å²) in [5.74, 6) is 4.88. The van der Waals surface area contributed by atoms with Crippen molar-refractivity contribution >= 4 is 27.8 Å². The number of carbonyl (C=O) groups excluding carboxylic acids is 2. The summed E-state index contributed by atoms with van der Waals surface area (Å²) in [6, 6.07) is 13.2. The van der Waals surface area contributed by atoms with Gasteiger partial charge in [0.05, 0.1) is 13.2 Å². The molecule has 2 rings (SSSR count). The van der Waals surface area contributed by atoms with Crippen molar-refractivity contribution in [2.24, 2.45) is 0 Å². The molecule has 2 aromatic carbocycles. The second-order valence-electron chi connectivity index (χ2n) is 5.55. The average molecular weight is 416 g/mol. The van der Waals surface area contributed by atoms with Crippen molar-refractivity contribution in [3.05, 3.63) is 69.7 Å². The van der Waals surface area contributed by atoms with Crippen LogP contribution in [0.1, 0.15) is 28.4 Å². The van der Waals surface area contributed by atoms with Crippen LogP contribution in [-0.4, -0.2) is 36.2 Å². The Morgan fingerprint density at radius 3 is 2.00 bits per heavy atom. The molecule has 0 saturated heterocycles. The molecule has 0 aromatic heterocycles. The molecule has 0 aliphatic heterocycles. The summed E-state index contributed by atoms with van der Waals surface area (Å²) in [7, 11) is 1.20. The molecule has 0 saturated carbocycles. The first-order chi connectivity index (χ1) is 12.4. The van der Waals surface area contributed by atoms with Gasteiger partial charge in [-0.3, -0.25) is 4.79 Å². The minimum Gasteiger partial charge on any atom is -0.467 e. The van der Waals surface area contributed by atoms with Gasteiger partial charge in [0, 0.05) is 21.2 Å². The number of benzene rings is 2. The highest BCUT2D eigenvalue weighted by Crippen LogP contribution is 2.10. The number of carbonyl (C=O) groups is 2. The molecule has 2 atom stereocenters. The largest absolute Gasteiger partial charge is 0.467 e. The molecular formula is C20H18BrNO4. The molecule has 0 aliphatic rings. The SMILES string of the molecule is COC(=O)C(NC(=O)c1ccc(C#Cc2ccc(Br)cc2)cc1)C(C)O. The van der Waals surface area contributed by atoms with Gasteiger partial charge in [-0.1, -0.05) is 27.8 Å². The molecule has 0 heterocycles.